The van der Waals surface area contributed by atoms with Gasteiger partial charge in [0.25, 0.3) is 0 Å². The molecule has 2 N–H and O–H groups in total. The molecule has 0 spiro atoms. The van der Waals surface area contributed by atoms with Crippen LogP contribution >= 0.6 is 11.3 Å². The summed E-state index contributed by atoms with van der Waals surface area (Å²) in [6, 6.07) is 4.08. The third kappa shape index (κ3) is 2.93. The normalized spacial score (nSPS) is 13.7. The SMILES string of the molecule is CC(C)OCC(N)c1cccs1. The zero-order valence-electron chi connectivity index (χ0n) is 7.49. The van der Waals surface area contributed by atoms with Crippen LogP contribution in [0.2, 0.25) is 0 Å². The summed E-state index contributed by atoms with van der Waals surface area (Å²) in [6.45, 7) is 4.64. The molecule has 0 aliphatic heterocycles. The second-order valence-electron chi connectivity index (χ2n) is 3.00. The molecule has 0 aliphatic carbocycles. The summed E-state index contributed by atoms with van der Waals surface area (Å²) < 4.78 is 5.41. The molecule has 1 atom stereocenters. The Labute approximate surface area is 77.3 Å². The minimum absolute atomic E-state index is 0.0346. The summed E-state index contributed by atoms with van der Waals surface area (Å²) in [6.07, 6.45) is 0.260. The van der Waals surface area contributed by atoms with E-state index in [-0.39, 0.29) is 12.1 Å². The van der Waals surface area contributed by atoms with Crippen LogP contribution < -0.4 is 5.73 Å². The van der Waals surface area contributed by atoms with Gasteiger partial charge in [0, 0.05) is 4.88 Å². The molecule has 1 heterocycles. The second kappa shape index (κ2) is 4.60. The topological polar surface area (TPSA) is 35.2 Å². The van der Waals surface area contributed by atoms with Crippen LogP contribution in [-0.2, 0) is 4.74 Å². The summed E-state index contributed by atoms with van der Waals surface area (Å²) in [5.41, 5.74) is 5.87. The number of nitrogens with two attached hydrogens (primary N) is 1. The number of hydrogen-bond donors (Lipinski definition) is 1. The highest BCUT2D eigenvalue weighted by molar-refractivity contribution is 7.10. The van der Waals surface area contributed by atoms with E-state index in [9.17, 15) is 0 Å². The van der Waals surface area contributed by atoms with Crippen LogP contribution in [0.1, 0.15) is 24.8 Å². The minimum atomic E-state index is 0.0346. The lowest BCUT2D eigenvalue weighted by atomic mass is 10.3. The third-order valence-electron chi connectivity index (χ3n) is 1.52. The van der Waals surface area contributed by atoms with Crippen molar-refractivity contribution in [1.29, 1.82) is 0 Å². The zero-order chi connectivity index (χ0) is 8.97. The summed E-state index contributed by atoms with van der Waals surface area (Å²) in [4.78, 5) is 1.19. The van der Waals surface area contributed by atoms with Crippen molar-refractivity contribution in [2.45, 2.75) is 26.0 Å². The van der Waals surface area contributed by atoms with E-state index in [0.717, 1.165) is 0 Å². The lowest BCUT2D eigenvalue weighted by Crippen LogP contribution is -2.18. The van der Waals surface area contributed by atoms with Gasteiger partial charge in [-0.05, 0) is 25.3 Å². The summed E-state index contributed by atoms with van der Waals surface area (Å²) >= 11 is 1.68. The first kappa shape index (κ1) is 9.71. The zero-order valence-corrected chi connectivity index (χ0v) is 8.30. The van der Waals surface area contributed by atoms with Gasteiger partial charge in [-0.1, -0.05) is 6.07 Å². The van der Waals surface area contributed by atoms with Gasteiger partial charge >= 0.3 is 0 Å². The average Bonchev–Trinajstić information content (AvgIpc) is 2.51. The smallest absolute Gasteiger partial charge is 0.0670 e. The predicted molar refractivity (Wildman–Crippen MR) is 52.3 cm³/mol. The van der Waals surface area contributed by atoms with Crippen molar-refractivity contribution in [2.75, 3.05) is 6.61 Å². The van der Waals surface area contributed by atoms with Gasteiger partial charge in [0.2, 0.25) is 0 Å². The Hall–Kier alpha value is -0.380. The first-order valence-corrected chi connectivity index (χ1v) is 4.98. The molecular formula is C9H15NOS. The number of ether oxygens (including phenoxy) is 1. The Morgan fingerprint density at radius 3 is 2.83 bits per heavy atom. The highest BCUT2D eigenvalue weighted by Crippen LogP contribution is 2.16. The van der Waals surface area contributed by atoms with E-state index in [1.165, 1.54) is 4.88 Å². The highest BCUT2D eigenvalue weighted by Gasteiger charge is 2.07. The number of hydrogen-bond acceptors (Lipinski definition) is 3. The largest absolute Gasteiger partial charge is 0.377 e. The molecule has 2 nitrogen and oxygen atoms in total. The Morgan fingerprint density at radius 2 is 2.33 bits per heavy atom. The molecule has 0 bridgehead atoms. The van der Waals surface area contributed by atoms with Crippen molar-refractivity contribution in [3.63, 3.8) is 0 Å². The third-order valence-corrected chi connectivity index (χ3v) is 2.52. The van der Waals surface area contributed by atoms with Crippen LogP contribution in [0.15, 0.2) is 17.5 Å². The van der Waals surface area contributed by atoms with E-state index in [1.54, 1.807) is 11.3 Å². The van der Waals surface area contributed by atoms with Crippen LogP contribution in [0, 0.1) is 0 Å². The van der Waals surface area contributed by atoms with Gasteiger partial charge in [-0.2, -0.15) is 0 Å². The predicted octanol–water partition coefficient (Wildman–Crippen LogP) is 2.17. The fraction of sp³-hybridized carbons (Fsp3) is 0.556. The van der Waals surface area contributed by atoms with Crippen molar-refractivity contribution in [2.24, 2.45) is 5.73 Å². The molecule has 0 aromatic carbocycles. The Bertz CT molecular complexity index is 208. The maximum absolute atomic E-state index is 5.87. The molecular weight excluding hydrogens is 170 g/mol. The van der Waals surface area contributed by atoms with Gasteiger partial charge in [0.1, 0.15) is 0 Å². The first-order valence-electron chi connectivity index (χ1n) is 4.10. The molecule has 1 unspecified atom stereocenters. The van der Waals surface area contributed by atoms with Crippen LogP contribution in [0.25, 0.3) is 0 Å². The van der Waals surface area contributed by atoms with E-state index in [1.807, 2.05) is 31.4 Å². The van der Waals surface area contributed by atoms with Gasteiger partial charge < -0.3 is 10.5 Å². The van der Waals surface area contributed by atoms with Crippen molar-refractivity contribution in [3.05, 3.63) is 22.4 Å². The molecule has 0 radical (unpaired) electrons. The van der Waals surface area contributed by atoms with Gasteiger partial charge in [-0.3, -0.25) is 0 Å². The molecule has 0 fully saturated rings. The maximum Gasteiger partial charge on any atom is 0.0670 e. The van der Waals surface area contributed by atoms with Gasteiger partial charge in [0.15, 0.2) is 0 Å². The van der Waals surface area contributed by atoms with Gasteiger partial charge in [-0.15, -0.1) is 11.3 Å². The van der Waals surface area contributed by atoms with Crippen LogP contribution in [0.3, 0.4) is 0 Å². The second-order valence-corrected chi connectivity index (χ2v) is 3.98. The lowest BCUT2D eigenvalue weighted by Gasteiger charge is -2.12. The van der Waals surface area contributed by atoms with Gasteiger partial charge in [-0.25, -0.2) is 0 Å². The highest BCUT2D eigenvalue weighted by atomic mass is 32.1. The first-order chi connectivity index (χ1) is 5.70. The Kier molecular flexibility index (Phi) is 3.72. The quantitative estimate of drug-likeness (QED) is 0.780. The Morgan fingerprint density at radius 1 is 1.58 bits per heavy atom. The van der Waals surface area contributed by atoms with Crippen molar-refractivity contribution >= 4 is 11.3 Å². The monoisotopic (exact) mass is 185 g/mol. The fourth-order valence-corrected chi connectivity index (χ4v) is 1.59. The molecule has 0 amide bonds. The molecule has 12 heavy (non-hydrogen) atoms. The lowest BCUT2D eigenvalue weighted by molar-refractivity contribution is 0.0688. The average molecular weight is 185 g/mol. The molecule has 0 saturated heterocycles. The number of rotatable bonds is 4. The minimum Gasteiger partial charge on any atom is -0.377 e. The molecule has 0 aliphatic rings. The Balaban J connectivity index is 2.34. The molecule has 1 aromatic rings. The van der Waals surface area contributed by atoms with Crippen LogP contribution in [0.4, 0.5) is 0 Å². The van der Waals surface area contributed by atoms with Crippen molar-refractivity contribution < 1.29 is 4.74 Å². The molecule has 1 aromatic heterocycles. The molecule has 68 valence electrons. The van der Waals surface area contributed by atoms with Crippen molar-refractivity contribution in [1.82, 2.24) is 0 Å². The standard InChI is InChI=1S/C9H15NOS/c1-7(2)11-6-8(10)9-4-3-5-12-9/h3-5,7-8H,6,10H2,1-2H3. The molecule has 3 heteroatoms. The van der Waals surface area contributed by atoms with E-state index < -0.39 is 0 Å². The summed E-state index contributed by atoms with van der Waals surface area (Å²) in [5, 5.41) is 2.03. The van der Waals surface area contributed by atoms with E-state index in [4.69, 9.17) is 10.5 Å². The fourth-order valence-electron chi connectivity index (χ4n) is 0.881. The summed E-state index contributed by atoms with van der Waals surface area (Å²) in [7, 11) is 0. The number of thiophene rings is 1. The van der Waals surface area contributed by atoms with Crippen LogP contribution in [0.5, 0.6) is 0 Å². The molecule has 0 saturated carbocycles. The van der Waals surface area contributed by atoms with E-state index in [0.29, 0.717) is 6.61 Å². The van der Waals surface area contributed by atoms with Gasteiger partial charge in [0.05, 0.1) is 18.8 Å². The van der Waals surface area contributed by atoms with E-state index >= 15 is 0 Å². The van der Waals surface area contributed by atoms with Crippen LogP contribution in [-0.4, -0.2) is 12.7 Å². The van der Waals surface area contributed by atoms with E-state index in [2.05, 4.69) is 0 Å². The van der Waals surface area contributed by atoms with Crippen molar-refractivity contribution in [3.8, 4) is 0 Å². The summed E-state index contributed by atoms with van der Waals surface area (Å²) in [5.74, 6) is 0. The molecule has 1 rings (SSSR count). The maximum atomic E-state index is 5.87.